The molecule has 15 heavy (non-hydrogen) atoms. The number of nitrogens with zero attached hydrogens (tertiary/aromatic N) is 1. The molecule has 0 saturated heterocycles. The predicted molar refractivity (Wildman–Crippen MR) is 51.4 cm³/mol. The van der Waals surface area contributed by atoms with Gasteiger partial charge in [0.2, 0.25) is 0 Å². The Morgan fingerprint density at radius 1 is 1.27 bits per heavy atom. The third-order valence-corrected chi connectivity index (χ3v) is 1.83. The molecule has 0 aliphatic carbocycles. The number of carbonyl (C=O) groups excluding carboxylic acids is 1. The summed E-state index contributed by atoms with van der Waals surface area (Å²) in [5.41, 5.74) is 5.77. The molecule has 1 rings (SSSR count). The monoisotopic (exact) mass is 217 g/mol. The quantitative estimate of drug-likeness (QED) is 0.557. The van der Waals surface area contributed by atoms with E-state index in [9.17, 15) is 9.59 Å². The van der Waals surface area contributed by atoms with Gasteiger partial charge in [-0.05, 0) is 24.3 Å². The molecule has 0 unspecified atom stereocenters. The van der Waals surface area contributed by atoms with Crippen LogP contribution in [0.5, 0.6) is 0 Å². The van der Waals surface area contributed by atoms with Gasteiger partial charge in [0.15, 0.2) is 0 Å². The maximum atomic E-state index is 10.8. The molecular formula is C9H10N2NaO3+. The van der Waals surface area contributed by atoms with E-state index >= 15 is 0 Å². The van der Waals surface area contributed by atoms with E-state index in [4.69, 9.17) is 10.8 Å². The first-order chi connectivity index (χ1) is 6.52. The van der Waals surface area contributed by atoms with Crippen molar-refractivity contribution < 1.29 is 44.3 Å². The van der Waals surface area contributed by atoms with Crippen LogP contribution in [-0.4, -0.2) is 24.2 Å². The number of hydrogen-bond acceptors (Lipinski definition) is 2. The van der Waals surface area contributed by atoms with E-state index in [0.29, 0.717) is 5.69 Å². The van der Waals surface area contributed by atoms with Gasteiger partial charge in [-0.3, -0.25) is 4.90 Å². The van der Waals surface area contributed by atoms with Crippen molar-refractivity contribution >= 4 is 17.7 Å². The van der Waals surface area contributed by atoms with Gasteiger partial charge in [0.25, 0.3) is 0 Å². The molecule has 1 aromatic rings. The largest absolute Gasteiger partial charge is 1.00 e. The van der Waals surface area contributed by atoms with E-state index in [2.05, 4.69) is 0 Å². The maximum absolute atomic E-state index is 10.8. The van der Waals surface area contributed by atoms with Crippen LogP contribution in [0.2, 0.25) is 0 Å². The molecule has 0 aromatic heterocycles. The standard InChI is InChI=1S/C9H10N2O3.Na/c1-11(9(10)14)7-4-2-6(3-5-7)8(12)13;/h2-5H,1H3,(H2,10,14)(H,12,13);/q;+1. The third kappa shape index (κ3) is 3.54. The molecule has 0 fully saturated rings. The number of aromatic carboxylic acids is 1. The van der Waals surface area contributed by atoms with E-state index in [1.165, 1.54) is 36.2 Å². The topological polar surface area (TPSA) is 83.6 Å². The summed E-state index contributed by atoms with van der Waals surface area (Å²) in [5.74, 6) is -1.00. The Hall–Kier alpha value is -1.04. The molecule has 3 N–H and O–H groups in total. The zero-order chi connectivity index (χ0) is 10.7. The second-order valence-corrected chi connectivity index (χ2v) is 2.75. The molecule has 74 valence electrons. The first-order valence-corrected chi connectivity index (χ1v) is 3.89. The van der Waals surface area contributed by atoms with Crippen molar-refractivity contribution in [3.8, 4) is 0 Å². The van der Waals surface area contributed by atoms with Crippen LogP contribution < -0.4 is 40.2 Å². The fourth-order valence-electron chi connectivity index (χ4n) is 0.955. The Kier molecular flexibility index (Phi) is 5.35. The summed E-state index contributed by atoms with van der Waals surface area (Å²) in [6.07, 6.45) is 0. The van der Waals surface area contributed by atoms with Crippen LogP contribution in [-0.2, 0) is 0 Å². The van der Waals surface area contributed by atoms with Crippen LogP contribution in [0.25, 0.3) is 0 Å². The minimum Gasteiger partial charge on any atom is -0.478 e. The summed E-state index contributed by atoms with van der Waals surface area (Å²) in [6.45, 7) is 0. The smallest absolute Gasteiger partial charge is 0.478 e. The van der Waals surface area contributed by atoms with Crippen LogP contribution >= 0.6 is 0 Å². The molecule has 0 saturated carbocycles. The molecule has 0 spiro atoms. The van der Waals surface area contributed by atoms with E-state index in [-0.39, 0.29) is 35.1 Å². The summed E-state index contributed by atoms with van der Waals surface area (Å²) in [7, 11) is 1.51. The van der Waals surface area contributed by atoms with Crippen molar-refractivity contribution in [1.29, 1.82) is 0 Å². The number of carbonyl (C=O) groups is 2. The number of urea groups is 1. The first-order valence-electron chi connectivity index (χ1n) is 3.89. The first kappa shape index (κ1) is 14.0. The second kappa shape index (κ2) is 5.75. The minimum absolute atomic E-state index is 0. The molecule has 0 atom stereocenters. The van der Waals surface area contributed by atoms with Crippen molar-refractivity contribution in [3.05, 3.63) is 29.8 Å². The summed E-state index contributed by atoms with van der Waals surface area (Å²) >= 11 is 0. The molecule has 6 heteroatoms. The average molecular weight is 217 g/mol. The van der Waals surface area contributed by atoms with Crippen LogP contribution in [0, 0.1) is 0 Å². The Labute approximate surface area is 109 Å². The molecule has 0 heterocycles. The van der Waals surface area contributed by atoms with Crippen LogP contribution in [0.15, 0.2) is 24.3 Å². The number of benzene rings is 1. The minimum atomic E-state index is -1.00. The number of rotatable bonds is 2. The van der Waals surface area contributed by atoms with Crippen molar-refractivity contribution in [3.63, 3.8) is 0 Å². The molecule has 0 aliphatic heterocycles. The van der Waals surface area contributed by atoms with Crippen LogP contribution in [0.4, 0.5) is 10.5 Å². The van der Waals surface area contributed by atoms with Crippen molar-refractivity contribution in [2.45, 2.75) is 0 Å². The molecule has 0 aliphatic rings. The van der Waals surface area contributed by atoms with Crippen molar-refractivity contribution in [2.75, 3.05) is 11.9 Å². The van der Waals surface area contributed by atoms with E-state index in [1.807, 2.05) is 0 Å². The maximum Gasteiger partial charge on any atom is 1.00 e. The molecule has 0 bridgehead atoms. The number of primary amides is 1. The Morgan fingerprint density at radius 3 is 2.07 bits per heavy atom. The molecule has 1 aromatic carbocycles. The van der Waals surface area contributed by atoms with E-state index in [0.717, 1.165) is 0 Å². The van der Waals surface area contributed by atoms with E-state index < -0.39 is 12.0 Å². The van der Waals surface area contributed by atoms with Gasteiger partial charge in [-0.25, -0.2) is 9.59 Å². The van der Waals surface area contributed by atoms with Gasteiger partial charge < -0.3 is 10.8 Å². The van der Waals surface area contributed by atoms with Gasteiger partial charge in [-0.2, -0.15) is 0 Å². The fourth-order valence-corrected chi connectivity index (χ4v) is 0.955. The third-order valence-electron chi connectivity index (χ3n) is 1.83. The number of anilines is 1. The Morgan fingerprint density at radius 2 is 1.73 bits per heavy atom. The zero-order valence-electron chi connectivity index (χ0n) is 8.60. The average Bonchev–Trinajstić information content (AvgIpc) is 2.16. The fraction of sp³-hybridized carbons (Fsp3) is 0.111. The van der Waals surface area contributed by atoms with Crippen LogP contribution in [0.1, 0.15) is 10.4 Å². The normalized spacial score (nSPS) is 8.87. The SMILES string of the molecule is CN(C(N)=O)c1ccc(C(=O)O)cc1.[Na+]. The van der Waals surface area contributed by atoms with Gasteiger partial charge in [0.05, 0.1) is 5.56 Å². The van der Waals surface area contributed by atoms with Gasteiger partial charge in [0.1, 0.15) is 0 Å². The summed E-state index contributed by atoms with van der Waals surface area (Å²) in [4.78, 5) is 22.5. The second-order valence-electron chi connectivity index (χ2n) is 2.75. The number of carboxylic acid groups (broad SMARTS) is 1. The number of hydrogen-bond donors (Lipinski definition) is 2. The predicted octanol–water partition coefficient (Wildman–Crippen LogP) is -2.10. The molecular weight excluding hydrogens is 207 g/mol. The molecule has 2 amide bonds. The number of amides is 2. The summed E-state index contributed by atoms with van der Waals surface area (Å²) < 4.78 is 0. The van der Waals surface area contributed by atoms with Gasteiger partial charge in [0, 0.05) is 12.7 Å². The van der Waals surface area contributed by atoms with Gasteiger partial charge in [-0.15, -0.1) is 0 Å². The van der Waals surface area contributed by atoms with Crippen molar-refractivity contribution in [1.82, 2.24) is 0 Å². The zero-order valence-corrected chi connectivity index (χ0v) is 10.6. The Balaban J connectivity index is 0.00000196. The number of nitrogens with two attached hydrogens (primary N) is 1. The molecule has 0 radical (unpaired) electrons. The van der Waals surface area contributed by atoms with Crippen LogP contribution in [0.3, 0.4) is 0 Å². The van der Waals surface area contributed by atoms with Gasteiger partial charge >= 0.3 is 41.6 Å². The molecule has 5 nitrogen and oxygen atoms in total. The summed E-state index contributed by atoms with van der Waals surface area (Å²) in [5, 5.41) is 8.62. The summed E-state index contributed by atoms with van der Waals surface area (Å²) in [6, 6.07) is 5.28. The number of carboxylic acids is 1. The van der Waals surface area contributed by atoms with E-state index in [1.54, 1.807) is 0 Å². The Bertz CT molecular complexity index is 364. The van der Waals surface area contributed by atoms with Gasteiger partial charge in [-0.1, -0.05) is 0 Å². The van der Waals surface area contributed by atoms with Crippen molar-refractivity contribution in [2.24, 2.45) is 5.73 Å².